The third kappa shape index (κ3) is 1.74. The van der Waals surface area contributed by atoms with Gasteiger partial charge in [-0.2, -0.15) is 0 Å². The van der Waals surface area contributed by atoms with Crippen LogP contribution < -0.4 is 0 Å². The van der Waals surface area contributed by atoms with Gasteiger partial charge in [0.05, 0.1) is 18.2 Å². The second kappa shape index (κ2) is 2.82. The van der Waals surface area contributed by atoms with Crippen molar-refractivity contribution in [2.75, 3.05) is 0 Å². The third-order valence-electron chi connectivity index (χ3n) is 0.925. The van der Waals surface area contributed by atoms with E-state index in [0.29, 0.717) is 5.69 Å². The molecule has 4 nitrogen and oxygen atoms in total. The number of nitrogens with one attached hydrogen (secondary N) is 1. The Bertz CT molecular complexity index is 238. The number of imidazole rings is 1. The lowest BCUT2D eigenvalue weighted by Crippen LogP contribution is -1.85. The molecule has 0 unspecified atom stereocenters. The lowest BCUT2D eigenvalue weighted by molar-refractivity contribution is -0.131. The number of rotatable bonds is 2. The van der Waals surface area contributed by atoms with Gasteiger partial charge in [-0.15, -0.1) is 0 Å². The van der Waals surface area contributed by atoms with Crippen LogP contribution in [0.15, 0.2) is 18.6 Å². The van der Waals surface area contributed by atoms with Gasteiger partial charge in [0.15, 0.2) is 0 Å². The summed E-state index contributed by atoms with van der Waals surface area (Å²) in [6.07, 6.45) is 5.52. The maximum atomic E-state index is 9.97. The van der Waals surface area contributed by atoms with E-state index in [-0.39, 0.29) is 0 Å². The molecule has 0 aliphatic carbocycles. The fourth-order valence-electron chi connectivity index (χ4n) is 0.519. The number of hydrogen-bond donors (Lipinski definition) is 2. The molecule has 0 saturated heterocycles. The van der Waals surface area contributed by atoms with Crippen LogP contribution in [-0.4, -0.2) is 21.0 Å². The largest absolute Gasteiger partial charge is 0.478 e. The molecule has 2 N–H and O–H groups in total. The van der Waals surface area contributed by atoms with Crippen molar-refractivity contribution >= 4 is 12.0 Å². The molecule has 1 heterocycles. The Hall–Kier alpha value is -1.58. The Morgan fingerprint density at radius 2 is 2.60 bits per heavy atom. The number of H-pyrrole nitrogens is 1. The Labute approximate surface area is 57.2 Å². The molecule has 1 aromatic rings. The summed E-state index contributed by atoms with van der Waals surface area (Å²) in [7, 11) is 0. The summed E-state index contributed by atoms with van der Waals surface area (Å²) >= 11 is 0. The van der Waals surface area contributed by atoms with Crippen LogP contribution in [0.2, 0.25) is 0 Å². The molecule has 1 aromatic heterocycles. The van der Waals surface area contributed by atoms with Gasteiger partial charge in [-0.05, 0) is 6.08 Å². The fourth-order valence-corrected chi connectivity index (χ4v) is 0.519. The van der Waals surface area contributed by atoms with E-state index in [2.05, 4.69) is 9.97 Å². The molecule has 0 spiro atoms. The highest BCUT2D eigenvalue weighted by molar-refractivity contribution is 5.84. The van der Waals surface area contributed by atoms with Crippen molar-refractivity contribution in [2.24, 2.45) is 0 Å². The molecular weight excluding hydrogens is 135 g/mol. The standard InChI is InChI=1S/C6H6N2O2/c9-6(10)2-1-5-3-7-4-8-5/h1-4H,(H,7,8)(H,9,10)/i1+1,2+1,6+1. The van der Waals surface area contributed by atoms with Crippen molar-refractivity contribution in [3.8, 4) is 0 Å². The SMILES string of the molecule is O=[13C](O)[13CH]=[13CH]c1cnc[nH]1. The third-order valence-corrected chi connectivity index (χ3v) is 0.925. The van der Waals surface area contributed by atoms with Gasteiger partial charge in [0.2, 0.25) is 0 Å². The van der Waals surface area contributed by atoms with E-state index >= 15 is 0 Å². The highest BCUT2D eigenvalue weighted by atomic mass is 16.5. The molecule has 0 fully saturated rings. The lowest BCUT2D eigenvalue weighted by atomic mass is 10.7. The van der Waals surface area contributed by atoms with Gasteiger partial charge < -0.3 is 10.1 Å². The van der Waals surface area contributed by atoms with Crippen LogP contribution >= 0.6 is 0 Å². The highest BCUT2D eigenvalue weighted by Gasteiger charge is 1.87. The Kier molecular flexibility index (Phi) is 1.84. The zero-order valence-corrected chi connectivity index (χ0v) is 5.11. The smallest absolute Gasteiger partial charge is 0.328 e. The van der Waals surface area contributed by atoms with Gasteiger partial charge in [-0.25, -0.2) is 9.78 Å². The topological polar surface area (TPSA) is 66.0 Å². The number of nitrogens with zero attached hydrogens (tertiary/aromatic N) is 1. The van der Waals surface area contributed by atoms with Crippen molar-refractivity contribution in [2.45, 2.75) is 0 Å². The van der Waals surface area contributed by atoms with E-state index in [1.54, 1.807) is 6.20 Å². The van der Waals surface area contributed by atoms with Crippen molar-refractivity contribution in [3.05, 3.63) is 24.3 Å². The number of aliphatic carboxylic acids is 1. The van der Waals surface area contributed by atoms with Gasteiger partial charge in [0, 0.05) is 6.08 Å². The zero-order chi connectivity index (χ0) is 7.40. The van der Waals surface area contributed by atoms with Crippen LogP contribution in [0.3, 0.4) is 0 Å². The fraction of sp³-hybridized carbons (Fsp3) is 0. The number of aromatic amines is 1. The van der Waals surface area contributed by atoms with Crippen LogP contribution in [0.1, 0.15) is 5.69 Å². The van der Waals surface area contributed by atoms with Crippen LogP contribution in [-0.2, 0) is 4.79 Å². The quantitative estimate of drug-likeness (QED) is 0.465. The van der Waals surface area contributed by atoms with Crippen LogP contribution in [0.25, 0.3) is 6.08 Å². The van der Waals surface area contributed by atoms with E-state index in [1.807, 2.05) is 0 Å². The van der Waals surface area contributed by atoms with Crippen molar-refractivity contribution in [1.82, 2.24) is 9.97 Å². The normalized spacial score (nSPS) is 10.4. The molecule has 0 atom stereocenters. The summed E-state index contributed by atoms with van der Waals surface area (Å²) in [6.45, 7) is 0. The second-order valence-corrected chi connectivity index (χ2v) is 1.68. The minimum atomic E-state index is -0.963. The first kappa shape index (κ1) is 6.54. The van der Waals surface area contributed by atoms with E-state index in [0.717, 1.165) is 6.08 Å². The number of carboxylic acids is 1. The summed E-state index contributed by atoms with van der Waals surface area (Å²) in [5.41, 5.74) is 0.683. The average molecular weight is 141 g/mol. The minimum Gasteiger partial charge on any atom is -0.478 e. The van der Waals surface area contributed by atoms with Crippen molar-refractivity contribution in [1.29, 1.82) is 0 Å². The maximum Gasteiger partial charge on any atom is 0.328 e. The molecule has 0 aromatic carbocycles. The van der Waals surface area contributed by atoms with E-state index < -0.39 is 5.97 Å². The molecule has 0 radical (unpaired) electrons. The predicted octanol–water partition coefficient (Wildman–Crippen LogP) is 0.507. The number of aromatic nitrogens is 2. The molecule has 0 saturated carbocycles. The van der Waals surface area contributed by atoms with Crippen molar-refractivity contribution < 1.29 is 9.90 Å². The summed E-state index contributed by atoms with van der Waals surface area (Å²) in [4.78, 5) is 16.4. The number of carboxylic acid groups (broad SMARTS) is 1. The minimum absolute atomic E-state index is 0.683. The molecular formula is C6H6N2O2. The Morgan fingerprint density at radius 1 is 1.80 bits per heavy atom. The second-order valence-electron chi connectivity index (χ2n) is 1.68. The maximum absolute atomic E-state index is 9.97. The van der Waals surface area contributed by atoms with Gasteiger partial charge in [0.25, 0.3) is 0 Å². The molecule has 10 heavy (non-hydrogen) atoms. The van der Waals surface area contributed by atoms with Gasteiger partial charge in [-0.3, -0.25) is 0 Å². The Balaban J connectivity index is 2.64. The van der Waals surface area contributed by atoms with E-state index in [1.165, 1.54) is 12.4 Å². The van der Waals surface area contributed by atoms with E-state index in [4.69, 9.17) is 5.11 Å². The van der Waals surface area contributed by atoms with E-state index in [9.17, 15) is 4.79 Å². The summed E-state index contributed by atoms with van der Waals surface area (Å²) in [6, 6.07) is 0. The summed E-state index contributed by atoms with van der Waals surface area (Å²) in [5, 5.41) is 8.19. The molecule has 52 valence electrons. The molecule has 1 rings (SSSR count). The highest BCUT2D eigenvalue weighted by Crippen LogP contribution is 1.92. The van der Waals surface area contributed by atoms with Crippen LogP contribution in [0.5, 0.6) is 0 Å². The molecule has 0 aliphatic heterocycles. The first-order valence-corrected chi connectivity index (χ1v) is 2.68. The monoisotopic (exact) mass is 141 g/mol. The molecule has 0 bridgehead atoms. The molecule has 4 heteroatoms. The lowest BCUT2D eigenvalue weighted by Gasteiger charge is -1.79. The predicted molar refractivity (Wildman–Crippen MR) is 35.3 cm³/mol. The van der Waals surface area contributed by atoms with Gasteiger partial charge in [0.1, 0.15) is 0 Å². The average Bonchev–Trinajstić information content (AvgIpc) is 2.34. The van der Waals surface area contributed by atoms with Gasteiger partial charge >= 0.3 is 5.97 Å². The first-order valence-electron chi connectivity index (χ1n) is 2.68. The van der Waals surface area contributed by atoms with Crippen LogP contribution in [0, 0.1) is 0 Å². The zero-order valence-electron chi connectivity index (χ0n) is 5.11. The first-order chi connectivity index (χ1) is 4.79. The van der Waals surface area contributed by atoms with Crippen molar-refractivity contribution in [3.63, 3.8) is 0 Å². The molecule has 0 aliphatic rings. The summed E-state index contributed by atoms with van der Waals surface area (Å²) in [5.74, 6) is -0.963. The van der Waals surface area contributed by atoms with Gasteiger partial charge in [-0.1, -0.05) is 0 Å². The number of hydrogen-bond acceptors (Lipinski definition) is 2. The summed E-state index contributed by atoms with van der Waals surface area (Å²) < 4.78 is 0. The molecule has 0 amide bonds. The van der Waals surface area contributed by atoms with Crippen LogP contribution in [0.4, 0.5) is 0 Å². The Morgan fingerprint density at radius 3 is 3.10 bits per heavy atom. The number of carbonyl (C=O) groups is 1.